The van der Waals surface area contributed by atoms with E-state index in [1.54, 1.807) is 13.0 Å². The molecule has 2 fully saturated rings. The summed E-state index contributed by atoms with van der Waals surface area (Å²) < 4.78 is 55.7. The number of hydrogen-bond acceptors (Lipinski definition) is 6. The molecule has 2 aliphatic heterocycles. The van der Waals surface area contributed by atoms with Gasteiger partial charge in [0.25, 0.3) is 16.1 Å². The summed E-state index contributed by atoms with van der Waals surface area (Å²) in [6, 6.07) is 7.38. The lowest BCUT2D eigenvalue weighted by Gasteiger charge is -2.45. The van der Waals surface area contributed by atoms with Crippen LogP contribution in [0.3, 0.4) is 0 Å². The van der Waals surface area contributed by atoms with Gasteiger partial charge in [-0.25, -0.2) is 9.11 Å². The Balaban J connectivity index is 1.72. The van der Waals surface area contributed by atoms with Crippen LogP contribution in [0.4, 0.5) is 4.39 Å². The Kier molecular flexibility index (Phi) is 9.05. The number of carbonyl (C=O) groups excluding carboxylic acids is 1. The van der Waals surface area contributed by atoms with Gasteiger partial charge >= 0.3 is 0 Å². The fourth-order valence-electron chi connectivity index (χ4n) is 4.78. The van der Waals surface area contributed by atoms with E-state index in [4.69, 9.17) is 32.7 Å². The number of hydrogen-bond donors (Lipinski definition) is 1. The highest BCUT2D eigenvalue weighted by molar-refractivity contribution is 7.87. The Morgan fingerprint density at radius 3 is 2.65 bits per heavy atom. The molecule has 0 radical (unpaired) electrons. The highest BCUT2D eigenvalue weighted by Gasteiger charge is 2.45. The third-order valence-electron chi connectivity index (χ3n) is 6.65. The van der Waals surface area contributed by atoms with Gasteiger partial charge in [-0.1, -0.05) is 30.1 Å². The number of nitrogens with zero attached hydrogens (tertiary/aromatic N) is 3. The number of carbonyl (C=O) groups is 1. The zero-order chi connectivity index (χ0) is 26.6. The van der Waals surface area contributed by atoms with Crippen LogP contribution in [-0.2, 0) is 25.1 Å². The molecular formula is C24H29Cl2FN4O5S. The second-order valence-electron chi connectivity index (χ2n) is 8.97. The molecule has 1 amide bonds. The van der Waals surface area contributed by atoms with Crippen molar-refractivity contribution in [3.05, 3.63) is 63.6 Å². The topological polar surface area (TPSA) is 101 Å². The minimum Gasteiger partial charge on any atom is -0.374 e. The molecule has 1 unspecified atom stereocenters. The number of piperidine rings is 1. The van der Waals surface area contributed by atoms with Gasteiger partial charge in [0.1, 0.15) is 5.82 Å². The van der Waals surface area contributed by atoms with Crippen LogP contribution in [0, 0.1) is 5.82 Å². The SMILES string of the molecule is CCNS(=O)(=O)N1CCC(CN(C(=O)c2ccc(Cl)cc2Cl)C2COCCO2)(c2ncccc2F)CC1. The predicted molar refractivity (Wildman–Crippen MR) is 137 cm³/mol. The van der Waals surface area contributed by atoms with Crippen LogP contribution in [0.15, 0.2) is 36.5 Å². The second kappa shape index (κ2) is 11.9. The Bertz CT molecular complexity index is 1220. The number of rotatable bonds is 8. The lowest BCUT2D eigenvalue weighted by Crippen LogP contribution is -2.57. The van der Waals surface area contributed by atoms with E-state index < -0.39 is 33.6 Å². The first-order valence-electron chi connectivity index (χ1n) is 12.0. The van der Waals surface area contributed by atoms with E-state index in [1.807, 2.05) is 0 Å². The molecule has 37 heavy (non-hydrogen) atoms. The Hall–Kier alpha value is -1.86. The lowest BCUT2D eigenvalue weighted by atomic mass is 9.74. The van der Waals surface area contributed by atoms with Crippen LogP contribution in [-0.4, -0.2) is 80.7 Å². The number of benzene rings is 1. The summed E-state index contributed by atoms with van der Waals surface area (Å²) in [6.45, 7) is 3.00. The third kappa shape index (κ3) is 6.25. The summed E-state index contributed by atoms with van der Waals surface area (Å²) in [5, 5.41) is 0.551. The van der Waals surface area contributed by atoms with Crippen molar-refractivity contribution in [2.75, 3.05) is 46.0 Å². The molecule has 1 aromatic heterocycles. The maximum absolute atomic E-state index is 15.2. The summed E-state index contributed by atoms with van der Waals surface area (Å²) >= 11 is 12.4. The largest absolute Gasteiger partial charge is 0.374 e. The number of aromatic nitrogens is 1. The first-order valence-corrected chi connectivity index (χ1v) is 14.2. The molecule has 0 bridgehead atoms. The van der Waals surface area contributed by atoms with E-state index in [9.17, 15) is 13.2 Å². The molecule has 2 saturated heterocycles. The summed E-state index contributed by atoms with van der Waals surface area (Å²) in [6.07, 6.45) is 1.21. The molecule has 0 saturated carbocycles. The smallest absolute Gasteiger partial charge is 0.279 e. The van der Waals surface area contributed by atoms with Gasteiger partial charge in [0.05, 0.1) is 36.1 Å². The van der Waals surface area contributed by atoms with E-state index >= 15 is 4.39 Å². The van der Waals surface area contributed by atoms with Crippen molar-refractivity contribution >= 4 is 39.3 Å². The van der Waals surface area contributed by atoms with Crippen molar-refractivity contribution < 1.29 is 27.1 Å². The van der Waals surface area contributed by atoms with Gasteiger partial charge < -0.3 is 14.4 Å². The van der Waals surface area contributed by atoms with Crippen molar-refractivity contribution in [3.63, 3.8) is 0 Å². The van der Waals surface area contributed by atoms with Gasteiger partial charge in [0.2, 0.25) is 0 Å². The van der Waals surface area contributed by atoms with E-state index in [0.29, 0.717) is 11.6 Å². The van der Waals surface area contributed by atoms with Gasteiger partial charge in [-0.15, -0.1) is 0 Å². The third-order valence-corrected chi connectivity index (χ3v) is 8.89. The molecule has 3 heterocycles. The second-order valence-corrected chi connectivity index (χ2v) is 11.6. The minimum atomic E-state index is -3.68. The fraction of sp³-hybridized carbons (Fsp3) is 0.500. The van der Waals surface area contributed by atoms with Crippen molar-refractivity contribution in [1.29, 1.82) is 0 Å². The zero-order valence-corrected chi connectivity index (χ0v) is 22.7. The van der Waals surface area contributed by atoms with Crippen molar-refractivity contribution in [2.45, 2.75) is 31.4 Å². The maximum atomic E-state index is 15.2. The first kappa shape index (κ1) is 28.2. The Morgan fingerprint density at radius 2 is 2.03 bits per heavy atom. The van der Waals surface area contributed by atoms with Gasteiger partial charge in [-0.3, -0.25) is 9.78 Å². The van der Waals surface area contributed by atoms with Gasteiger partial charge in [0, 0.05) is 42.8 Å². The summed E-state index contributed by atoms with van der Waals surface area (Å²) in [5.74, 6) is -0.959. The molecule has 1 aromatic carbocycles. The molecule has 13 heteroatoms. The Labute approximate surface area is 226 Å². The predicted octanol–water partition coefficient (Wildman–Crippen LogP) is 3.23. The summed E-state index contributed by atoms with van der Waals surface area (Å²) in [7, 11) is -3.68. The average molecular weight is 575 g/mol. The van der Waals surface area contributed by atoms with Gasteiger partial charge in [-0.2, -0.15) is 12.7 Å². The van der Waals surface area contributed by atoms with Crippen LogP contribution in [0.1, 0.15) is 35.8 Å². The zero-order valence-electron chi connectivity index (χ0n) is 20.3. The van der Waals surface area contributed by atoms with E-state index in [-0.39, 0.29) is 68.5 Å². The molecule has 1 N–H and O–H groups in total. The number of pyridine rings is 1. The molecule has 4 rings (SSSR count). The molecule has 202 valence electrons. The highest BCUT2D eigenvalue weighted by Crippen LogP contribution is 2.38. The number of halogens is 3. The van der Waals surface area contributed by atoms with Crippen molar-refractivity contribution in [1.82, 2.24) is 18.9 Å². The number of amides is 1. The lowest BCUT2D eigenvalue weighted by molar-refractivity contribution is -0.146. The Morgan fingerprint density at radius 1 is 1.27 bits per heavy atom. The molecular weight excluding hydrogens is 546 g/mol. The van der Waals surface area contributed by atoms with Crippen molar-refractivity contribution in [3.8, 4) is 0 Å². The van der Waals surface area contributed by atoms with Crippen LogP contribution in [0.25, 0.3) is 0 Å². The maximum Gasteiger partial charge on any atom is 0.279 e. The van der Waals surface area contributed by atoms with E-state index in [1.165, 1.54) is 39.7 Å². The van der Waals surface area contributed by atoms with E-state index in [0.717, 1.165) is 0 Å². The van der Waals surface area contributed by atoms with Crippen LogP contribution in [0.5, 0.6) is 0 Å². The normalized spacial score (nSPS) is 20.5. The van der Waals surface area contributed by atoms with E-state index in [2.05, 4.69) is 9.71 Å². The van der Waals surface area contributed by atoms with Gasteiger partial charge in [-0.05, 0) is 43.2 Å². The van der Waals surface area contributed by atoms with Crippen LogP contribution >= 0.6 is 23.2 Å². The summed E-state index contributed by atoms with van der Waals surface area (Å²) in [5.41, 5.74) is -0.602. The minimum absolute atomic E-state index is 0.0157. The molecule has 9 nitrogen and oxygen atoms in total. The molecule has 2 aliphatic rings. The van der Waals surface area contributed by atoms with Crippen LogP contribution in [0.2, 0.25) is 10.0 Å². The molecule has 2 aromatic rings. The number of nitrogens with one attached hydrogen (secondary N) is 1. The standard InChI is InChI=1S/C24H29Cl2FN4O5S/c1-2-29-37(33,34)30-10-7-24(8-11-30,22-20(27)4-3-9-28-22)16-31(21-15-35-12-13-36-21)23(32)18-6-5-17(25)14-19(18)26/h3-6,9,14,21,29H,2,7-8,10-13,15-16H2,1H3. The highest BCUT2D eigenvalue weighted by atomic mass is 35.5. The first-order chi connectivity index (χ1) is 17.7. The average Bonchev–Trinajstić information content (AvgIpc) is 2.88. The molecule has 0 spiro atoms. The monoisotopic (exact) mass is 574 g/mol. The molecule has 0 aliphatic carbocycles. The number of ether oxygens (including phenoxy) is 2. The molecule has 1 atom stereocenters. The fourth-order valence-corrected chi connectivity index (χ4v) is 6.48. The quantitative estimate of drug-likeness (QED) is 0.519. The van der Waals surface area contributed by atoms with Gasteiger partial charge in [0.15, 0.2) is 6.23 Å². The summed E-state index contributed by atoms with van der Waals surface area (Å²) in [4.78, 5) is 19.7. The van der Waals surface area contributed by atoms with Crippen molar-refractivity contribution in [2.24, 2.45) is 0 Å². The van der Waals surface area contributed by atoms with Crippen LogP contribution < -0.4 is 4.72 Å².